The van der Waals surface area contributed by atoms with E-state index in [0.29, 0.717) is 24.4 Å². The monoisotopic (exact) mass is 319 g/mol. The lowest BCUT2D eigenvalue weighted by Gasteiger charge is -2.23. The van der Waals surface area contributed by atoms with Gasteiger partial charge in [0.2, 0.25) is 0 Å². The summed E-state index contributed by atoms with van der Waals surface area (Å²) in [6, 6.07) is 5.35. The zero-order valence-corrected chi connectivity index (χ0v) is 13.3. The molecule has 1 amide bonds. The molecule has 1 rings (SSSR count). The van der Waals surface area contributed by atoms with Crippen LogP contribution in [0.4, 0.5) is 5.69 Å². The number of carbonyl (C=O) groups is 2. The van der Waals surface area contributed by atoms with Gasteiger partial charge in [-0.2, -0.15) is 0 Å². The number of benzene rings is 1. The van der Waals surface area contributed by atoms with Gasteiger partial charge in [-0.15, -0.1) is 6.58 Å². The molecule has 0 saturated heterocycles. The van der Waals surface area contributed by atoms with Gasteiger partial charge in [0.1, 0.15) is 5.75 Å². The molecule has 0 aliphatic rings. The number of rotatable bonds is 9. The molecule has 1 atom stereocenters. The molecule has 0 fully saturated rings. The summed E-state index contributed by atoms with van der Waals surface area (Å²) in [5.41, 5.74) is 9.70. The third-order valence-corrected chi connectivity index (χ3v) is 3.25. The summed E-state index contributed by atoms with van der Waals surface area (Å²) in [5, 5.41) is 1.71. The van der Waals surface area contributed by atoms with Gasteiger partial charge in [-0.25, -0.2) is 4.79 Å². The maximum Gasteiger partial charge on any atom is 0.384 e. The molecule has 1 unspecified atom stereocenters. The van der Waals surface area contributed by atoms with E-state index in [2.05, 4.69) is 11.3 Å². The van der Waals surface area contributed by atoms with Crippen LogP contribution < -0.4 is 14.8 Å². The third kappa shape index (κ3) is 4.91. The van der Waals surface area contributed by atoms with Gasteiger partial charge in [-0.1, -0.05) is 6.08 Å². The van der Waals surface area contributed by atoms with E-state index in [1.54, 1.807) is 42.6 Å². The van der Waals surface area contributed by atoms with Gasteiger partial charge in [0, 0.05) is 12.2 Å². The Kier molecular flexibility index (Phi) is 7.45. The van der Waals surface area contributed by atoms with E-state index in [4.69, 9.17) is 10.3 Å². The van der Waals surface area contributed by atoms with Gasteiger partial charge >= 0.3 is 17.9 Å². The number of anilines is 1. The number of amides is 1. The Morgan fingerprint density at radius 1 is 1.35 bits per heavy atom. The Hall–Kier alpha value is -2.70. The fourth-order valence-electron chi connectivity index (χ4n) is 2.00. The Morgan fingerprint density at radius 2 is 2.00 bits per heavy atom. The molecule has 0 radical (unpaired) electrons. The first-order valence-corrected chi connectivity index (χ1v) is 7.12. The highest BCUT2D eigenvalue weighted by Gasteiger charge is 2.35. The number of hydrogen-bond acceptors (Lipinski definition) is 4. The third-order valence-electron chi connectivity index (χ3n) is 3.25. The predicted octanol–water partition coefficient (Wildman–Crippen LogP) is 0.638. The van der Waals surface area contributed by atoms with Crippen molar-refractivity contribution in [3.63, 3.8) is 0 Å². The quantitative estimate of drug-likeness (QED) is 0.238. The zero-order chi connectivity index (χ0) is 17.2. The number of hydrogen-bond donors (Lipinski definition) is 1. The van der Waals surface area contributed by atoms with Gasteiger partial charge in [0.05, 0.1) is 14.2 Å². The van der Waals surface area contributed by atoms with Crippen molar-refractivity contribution in [3.8, 4) is 5.75 Å². The molecule has 124 valence electrons. The fraction of sp³-hybridized carbons (Fsp3) is 0.375. The van der Waals surface area contributed by atoms with E-state index < -0.39 is 17.9 Å². The first kappa shape index (κ1) is 18.3. The Labute approximate surface area is 135 Å². The van der Waals surface area contributed by atoms with E-state index >= 15 is 0 Å². The molecule has 0 bridgehead atoms. The smallest absolute Gasteiger partial charge is 0.384 e. The predicted molar refractivity (Wildman–Crippen MR) is 84.9 cm³/mol. The average molecular weight is 319 g/mol. The number of methoxy groups -OCH3 is 2. The van der Waals surface area contributed by atoms with E-state index in [-0.39, 0.29) is 0 Å². The number of nitrogens with one attached hydrogen (secondary N) is 1. The number of esters is 1. The van der Waals surface area contributed by atoms with Gasteiger partial charge in [0.15, 0.2) is 0 Å². The molecule has 0 heterocycles. The van der Waals surface area contributed by atoms with Crippen molar-refractivity contribution in [2.24, 2.45) is 0 Å². The van der Waals surface area contributed by atoms with E-state index in [9.17, 15) is 9.59 Å². The minimum atomic E-state index is -1.48. The zero-order valence-electron chi connectivity index (χ0n) is 13.3. The van der Waals surface area contributed by atoms with Crippen LogP contribution in [-0.2, 0) is 14.3 Å². The van der Waals surface area contributed by atoms with Gasteiger partial charge in [0.25, 0.3) is 0 Å². The Morgan fingerprint density at radius 3 is 2.48 bits per heavy atom. The van der Waals surface area contributed by atoms with Crippen LogP contribution >= 0.6 is 0 Å². The highest BCUT2D eigenvalue weighted by atomic mass is 16.5. The Bertz CT molecular complexity index is 557. The lowest BCUT2D eigenvalue weighted by Crippen LogP contribution is -2.79. The standard InChI is InChI=1S/C16H21N3O4/c1-4-5-6-11-19(12-7-9-13(22-2)10-8-12)15(20)14(18-17)16(21)23-3/h4,7-10,14,18H,1,5-6,11H2,2-3H3. The number of allylic oxidation sites excluding steroid dienone is 1. The van der Waals surface area contributed by atoms with Crippen molar-refractivity contribution < 1.29 is 24.2 Å². The molecular formula is C16H21N3O4. The second kappa shape index (κ2) is 9.34. The minimum Gasteiger partial charge on any atom is -0.507 e. The number of nitrogens with zero attached hydrogens (tertiary/aromatic N) is 2. The molecular weight excluding hydrogens is 298 g/mol. The molecule has 1 N–H and O–H groups in total. The van der Waals surface area contributed by atoms with Crippen LogP contribution in [0.3, 0.4) is 0 Å². The van der Waals surface area contributed by atoms with Crippen molar-refractivity contribution >= 4 is 17.6 Å². The normalized spacial score (nSPS) is 11.2. The summed E-state index contributed by atoms with van der Waals surface area (Å²) in [6.07, 6.45) is 3.13. The molecule has 0 aliphatic carbocycles. The first-order chi connectivity index (χ1) is 11.1. The molecule has 0 spiro atoms. The number of unbranched alkanes of at least 4 members (excludes halogenated alkanes) is 1. The van der Waals surface area contributed by atoms with E-state index in [1.807, 2.05) is 0 Å². The van der Waals surface area contributed by atoms with Crippen LogP contribution in [0.25, 0.3) is 5.53 Å². The topological polar surface area (TPSA) is 92.1 Å². The van der Waals surface area contributed by atoms with Crippen LogP contribution in [0.15, 0.2) is 36.9 Å². The molecule has 1 aromatic carbocycles. The average Bonchev–Trinajstić information content (AvgIpc) is 2.59. The molecule has 23 heavy (non-hydrogen) atoms. The molecule has 1 aromatic rings. The molecule has 0 aliphatic heterocycles. The highest BCUT2D eigenvalue weighted by molar-refractivity contribution is 6.08. The molecule has 7 nitrogen and oxygen atoms in total. The van der Waals surface area contributed by atoms with Crippen molar-refractivity contribution in [2.45, 2.75) is 18.9 Å². The lowest BCUT2D eigenvalue weighted by atomic mass is 10.2. The number of ether oxygens (including phenoxy) is 2. The summed E-state index contributed by atoms with van der Waals surface area (Å²) in [7, 11) is 2.69. The minimum absolute atomic E-state index is 0.367. The van der Waals surface area contributed by atoms with Crippen LogP contribution in [0.2, 0.25) is 0 Å². The van der Waals surface area contributed by atoms with E-state index in [1.165, 1.54) is 4.90 Å². The van der Waals surface area contributed by atoms with Crippen LogP contribution in [0.1, 0.15) is 12.8 Å². The molecule has 0 aromatic heterocycles. The van der Waals surface area contributed by atoms with Crippen LogP contribution in [0.5, 0.6) is 5.75 Å². The number of carbonyl (C=O) groups excluding carboxylic acids is 2. The van der Waals surface area contributed by atoms with E-state index in [0.717, 1.165) is 13.5 Å². The van der Waals surface area contributed by atoms with Crippen molar-refractivity contribution in [1.82, 2.24) is 0 Å². The summed E-state index contributed by atoms with van der Waals surface area (Å²) < 4.78 is 9.62. The maximum atomic E-state index is 12.6. The second-order valence-electron chi connectivity index (χ2n) is 4.70. The lowest BCUT2D eigenvalue weighted by molar-refractivity contribution is -0.497. The largest absolute Gasteiger partial charge is 0.507 e. The highest BCUT2D eigenvalue weighted by Crippen LogP contribution is 2.20. The molecule has 7 heteroatoms. The summed E-state index contributed by atoms with van der Waals surface area (Å²) in [4.78, 5) is 25.6. The maximum absolute atomic E-state index is 12.6. The first-order valence-electron chi connectivity index (χ1n) is 7.12. The fourth-order valence-corrected chi connectivity index (χ4v) is 2.00. The SMILES string of the molecule is C=CCCCN(C(=O)C([NH+]=[N-])C(=O)OC)c1ccc(OC)cc1. The second-order valence-corrected chi connectivity index (χ2v) is 4.70. The van der Waals surface area contributed by atoms with Crippen LogP contribution in [0, 0.1) is 0 Å². The van der Waals surface area contributed by atoms with Crippen LogP contribution in [-0.4, -0.2) is 38.7 Å². The van der Waals surface area contributed by atoms with Gasteiger partial charge in [-0.3, -0.25) is 4.79 Å². The summed E-state index contributed by atoms with van der Waals surface area (Å²) >= 11 is 0. The van der Waals surface area contributed by atoms with Gasteiger partial charge < -0.3 is 25.0 Å². The van der Waals surface area contributed by atoms with Gasteiger partial charge in [-0.05, 0) is 37.1 Å². The van der Waals surface area contributed by atoms with Crippen molar-refractivity contribution in [1.29, 1.82) is 0 Å². The summed E-state index contributed by atoms with van der Waals surface area (Å²) in [6.45, 7) is 4.01. The Balaban J connectivity index is 3.06. The summed E-state index contributed by atoms with van der Waals surface area (Å²) in [5.74, 6) is -0.814. The van der Waals surface area contributed by atoms with Crippen molar-refractivity contribution in [2.75, 3.05) is 25.7 Å². The molecule has 0 saturated carbocycles. The van der Waals surface area contributed by atoms with Crippen molar-refractivity contribution in [3.05, 3.63) is 42.5 Å².